The summed E-state index contributed by atoms with van der Waals surface area (Å²) in [5, 5.41) is 9.24. The first kappa shape index (κ1) is 14.9. The number of ether oxygens (including phenoxy) is 1. The Morgan fingerprint density at radius 3 is 2.65 bits per heavy atom. The Balaban J connectivity index is 1.77. The van der Waals surface area contributed by atoms with E-state index in [0.29, 0.717) is 12.5 Å². The molecule has 2 rings (SSSR count). The number of likely N-dealkylation sites (N-methyl/N-ethyl adjacent to an activating group) is 1. The molecule has 110 valence electrons. The highest BCUT2D eigenvalue weighted by Gasteiger charge is 2.29. The van der Waals surface area contributed by atoms with Crippen LogP contribution in [0.1, 0.15) is 24.0 Å². The zero-order chi connectivity index (χ0) is 14.7. The molecule has 4 heteroatoms. The van der Waals surface area contributed by atoms with E-state index in [1.54, 1.807) is 11.9 Å². The Bertz CT molecular complexity index is 481. The van der Waals surface area contributed by atoms with Crippen LogP contribution in [-0.4, -0.2) is 42.2 Å². The van der Waals surface area contributed by atoms with Crippen molar-refractivity contribution in [3.63, 3.8) is 0 Å². The van der Waals surface area contributed by atoms with Gasteiger partial charge in [-0.3, -0.25) is 4.79 Å². The smallest absolute Gasteiger partial charge is 0.260 e. The van der Waals surface area contributed by atoms with Crippen molar-refractivity contribution >= 4 is 5.91 Å². The number of aliphatic hydroxyl groups excluding tert-OH is 1. The van der Waals surface area contributed by atoms with E-state index in [1.165, 1.54) is 5.56 Å². The number of carbonyl (C=O) groups is 1. The fraction of sp³-hybridized carbons (Fsp3) is 0.562. The zero-order valence-corrected chi connectivity index (χ0v) is 12.4. The number of aryl methyl sites for hydroxylation is 2. The van der Waals surface area contributed by atoms with Crippen LogP contribution in [0.4, 0.5) is 0 Å². The Kier molecular flexibility index (Phi) is 4.65. The number of hydrogen-bond donors (Lipinski definition) is 1. The first-order valence-corrected chi connectivity index (χ1v) is 7.07. The van der Waals surface area contributed by atoms with Crippen molar-refractivity contribution in [2.45, 2.75) is 32.8 Å². The van der Waals surface area contributed by atoms with Crippen LogP contribution in [0.5, 0.6) is 5.75 Å². The number of rotatable bonds is 5. The second-order valence-corrected chi connectivity index (χ2v) is 5.80. The summed E-state index contributed by atoms with van der Waals surface area (Å²) in [6.45, 7) is 4.84. The van der Waals surface area contributed by atoms with Gasteiger partial charge in [0, 0.05) is 13.6 Å². The zero-order valence-electron chi connectivity index (χ0n) is 12.4. The summed E-state index contributed by atoms with van der Waals surface area (Å²) in [6.07, 6.45) is 1.43. The number of benzene rings is 1. The van der Waals surface area contributed by atoms with Crippen LogP contribution in [0, 0.1) is 19.8 Å². The molecule has 0 aliphatic heterocycles. The first-order chi connectivity index (χ1) is 9.45. The maximum absolute atomic E-state index is 12.0. The summed E-state index contributed by atoms with van der Waals surface area (Å²) in [7, 11) is 1.79. The Morgan fingerprint density at radius 1 is 1.35 bits per heavy atom. The predicted molar refractivity (Wildman–Crippen MR) is 77.8 cm³/mol. The number of hydrogen-bond acceptors (Lipinski definition) is 3. The number of nitrogens with zero attached hydrogens (tertiary/aromatic N) is 1. The average molecular weight is 277 g/mol. The summed E-state index contributed by atoms with van der Waals surface area (Å²) in [4.78, 5) is 13.7. The highest BCUT2D eigenvalue weighted by atomic mass is 16.5. The molecule has 1 aliphatic carbocycles. The van der Waals surface area contributed by atoms with Crippen LogP contribution in [0.3, 0.4) is 0 Å². The third-order valence-electron chi connectivity index (χ3n) is 4.01. The van der Waals surface area contributed by atoms with Crippen molar-refractivity contribution in [3.8, 4) is 5.75 Å². The second-order valence-electron chi connectivity index (χ2n) is 5.80. The Hall–Kier alpha value is -1.55. The van der Waals surface area contributed by atoms with Gasteiger partial charge in [0.15, 0.2) is 6.61 Å². The van der Waals surface area contributed by atoms with Crippen LogP contribution in [0.25, 0.3) is 0 Å². The van der Waals surface area contributed by atoms with Gasteiger partial charge in [-0.1, -0.05) is 6.07 Å². The minimum Gasteiger partial charge on any atom is -0.484 e. The Labute approximate surface area is 120 Å². The van der Waals surface area contributed by atoms with Crippen molar-refractivity contribution in [3.05, 3.63) is 29.3 Å². The largest absolute Gasteiger partial charge is 0.484 e. The summed E-state index contributed by atoms with van der Waals surface area (Å²) in [5.74, 6) is 1.14. The first-order valence-electron chi connectivity index (χ1n) is 7.07. The topological polar surface area (TPSA) is 49.8 Å². The molecule has 1 aromatic carbocycles. The fourth-order valence-corrected chi connectivity index (χ4v) is 2.40. The minimum absolute atomic E-state index is 0.0235. The van der Waals surface area contributed by atoms with Gasteiger partial charge in [0.25, 0.3) is 5.91 Å². The number of amides is 1. The molecule has 0 heterocycles. The van der Waals surface area contributed by atoms with Gasteiger partial charge in [-0.25, -0.2) is 0 Å². The van der Waals surface area contributed by atoms with Gasteiger partial charge in [-0.15, -0.1) is 0 Å². The molecular formula is C16H23NO3. The normalized spacial score (nSPS) is 21.2. The molecule has 4 nitrogen and oxygen atoms in total. The van der Waals surface area contributed by atoms with Crippen molar-refractivity contribution in [1.82, 2.24) is 4.90 Å². The fourth-order valence-electron chi connectivity index (χ4n) is 2.40. The third kappa shape index (κ3) is 3.73. The van der Waals surface area contributed by atoms with E-state index in [1.807, 2.05) is 32.0 Å². The molecule has 0 spiro atoms. The lowest BCUT2D eigenvalue weighted by atomic mass is 9.82. The number of aliphatic hydroxyl groups is 1. The summed E-state index contributed by atoms with van der Waals surface area (Å²) < 4.78 is 5.54. The van der Waals surface area contributed by atoms with E-state index < -0.39 is 0 Å². The lowest BCUT2D eigenvalue weighted by molar-refractivity contribution is -0.133. The van der Waals surface area contributed by atoms with Gasteiger partial charge in [-0.05, 0) is 55.9 Å². The molecule has 0 saturated heterocycles. The van der Waals surface area contributed by atoms with Gasteiger partial charge >= 0.3 is 0 Å². The van der Waals surface area contributed by atoms with E-state index in [4.69, 9.17) is 4.74 Å². The van der Waals surface area contributed by atoms with Gasteiger partial charge in [0.05, 0.1) is 6.10 Å². The number of carbonyl (C=O) groups excluding carboxylic acids is 1. The third-order valence-corrected chi connectivity index (χ3v) is 4.01. The van der Waals surface area contributed by atoms with E-state index in [-0.39, 0.29) is 18.6 Å². The van der Waals surface area contributed by atoms with Gasteiger partial charge in [-0.2, -0.15) is 0 Å². The van der Waals surface area contributed by atoms with Crippen LogP contribution in [-0.2, 0) is 4.79 Å². The van der Waals surface area contributed by atoms with E-state index >= 15 is 0 Å². The standard InChI is InChI=1S/C16H23NO3/c1-11-4-5-15(6-12(11)2)20-10-16(19)17(3)9-13-7-14(18)8-13/h4-6,13-14,18H,7-10H2,1-3H3. The summed E-state index contributed by atoms with van der Waals surface area (Å²) >= 11 is 0. The molecule has 0 unspecified atom stereocenters. The van der Waals surface area contributed by atoms with Crippen molar-refractivity contribution in [2.75, 3.05) is 20.2 Å². The summed E-state index contributed by atoms with van der Waals surface area (Å²) in [6, 6.07) is 5.83. The van der Waals surface area contributed by atoms with Crippen LogP contribution in [0.2, 0.25) is 0 Å². The summed E-state index contributed by atoms with van der Waals surface area (Å²) in [5.41, 5.74) is 2.37. The van der Waals surface area contributed by atoms with Crippen molar-refractivity contribution < 1.29 is 14.6 Å². The molecule has 0 atom stereocenters. The molecule has 1 amide bonds. The van der Waals surface area contributed by atoms with Gasteiger partial charge in [0.1, 0.15) is 5.75 Å². The molecule has 0 aromatic heterocycles. The van der Waals surface area contributed by atoms with E-state index in [0.717, 1.165) is 24.2 Å². The maximum Gasteiger partial charge on any atom is 0.260 e. The van der Waals surface area contributed by atoms with Gasteiger partial charge < -0.3 is 14.7 Å². The molecule has 1 N–H and O–H groups in total. The molecule has 1 fully saturated rings. The minimum atomic E-state index is -0.171. The highest BCUT2D eigenvalue weighted by Crippen LogP contribution is 2.27. The molecule has 1 aromatic rings. The second kappa shape index (κ2) is 6.27. The van der Waals surface area contributed by atoms with E-state index in [9.17, 15) is 9.90 Å². The van der Waals surface area contributed by atoms with Gasteiger partial charge in [0.2, 0.25) is 0 Å². The molecule has 1 aliphatic rings. The SMILES string of the molecule is Cc1ccc(OCC(=O)N(C)CC2CC(O)C2)cc1C. The molecule has 1 saturated carbocycles. The molecule has 0 radical (unpaired) electrons. The average Bonchev–Trinajstić information content (AvgIpc) is 2.38. The van der Waals surface area contributed by atoms with Crippen molar-refractivity contribution in [1.29, 1.82) is 0 Å². The molecule has 20 heavy (non-hydrogen) atoms. The maximum atomic E-state index is 12.0. The monoisotopic (exact) mass is 277 g/mol. The Morgan fingerprint density at radius 2 is 2.05 bits per heavy atom. The van der Waals surface area contributed by atoms with E-state index in [2.05, 4.69) is 0 Å². The highest BCUT2D eigenvalue weighted by molar-refractivity contribution is 5.77. The van der Waals surface area contributed by atoms with Crippen molar-refractivity contribution in [2.24, 2.45) is 5.92 Å². The molecular weight excluding hydrogens is 254 g/mol. The predicted octanol–water partition coefficient (Wildman–Crippen LogP) is 1.91. The molecule has 0 bridgehead atoms. The van der Waals surface area contributed by atoms with Crippen LogP contribution >= 0.6 is 0 Å². The quantitative estimate of drug-likeness (QED) is 0.894. The lowest BCUT2D eigenvalue weighted by Gasteiger charge is -2.34. The van der Waals surface area contributed by atoms with Crippen LogP contribution in [0.15, 0.2) is 18.2 Å². The van der Waals surface area contributed by atoms with Crippen LogP contribution < -0.4 is 4.74 Å². The lowest BCUT2D eigenvalue weighted by Crippen LogP contribution is -2.41.